The summed E-state index contributed by atoms with van der Waals surface area (Å²) in [6, 6.07) is 5.36. The molecule has 0 spiro atoms. The number of halogens is 1. The number of Topliss-reactive ketones (excluding diaryl/α,β-unsaturated/α-hetero) is 1. The van der Waals surface area contributed by atoms with Crippen LogP contribution in [0.5, 0.6) is 0 Å². The highest BCUT2D eigenvalue weighted by Crippen LogP contribution is 2.11. The van der Waals surface area contributed by atoms with Gasteiger partial charge in [0.2, 0.25) is 5.91 Å². The van der Waals surface area contributed by atoms with Crippen molar-refractivity contribution in [3.05, 3.63) is 35.6 Å². The minimum Gasteiger partial charge on any atom is -0.381 e. The van der Waals surface area contributed by atoms with E-state index in [1.54, 1.807) is 0 Å². The van der Waals surface area contributed by atoms with Crippen LogP contribution in [0.4, 0.5) is 4.39 Å². The lowest BCUT2D eigenvalue weighted by atomic mass is 10.1. The highest BCUT2D eigenvalue weighted by atomic mass is 19.1. The molecular formula is C15H18FNO3. The molecule has 5 heteroatoms. The molecule has 1 amide bonds. The van der Waals surface area contributed by atoms with Crippen molar-refractivity contribution in [2.24, 2.45) is 5.92 Å². The van der Waals surface area contributed by atoms with E-state index in [0.717, 1.165) is 13.0 Å². The van der Waals surface area contributed by atoms with Crippen molar-refractivity contribution >= 4 is 11.7 Å². The maximum Gasteiger partial charge on any atom is 0.220 e. The molecule has 0 aromatic heterocycles. The van der Waals surface area contributed by atoms with Crippen LogP contribution < -0.4 is 5.32 Å². The molecule has 0 unspecified atom stereocenters. The van der Waals surface area contributed by atoms with Crippen LogP contribution >= 0.6 is 0 Å². The third-order valence-corrected chi connectivity index (χ3v) is 3.36. The fraction of sp³-hybridized carbons (Fsp3) is 0.467. The number of hydrogen-bond acceptors (Lipinski definition) is 3. The van der Waals surface area contributed by atoms with Crippen LogP contribution in [0.15, 0.2) is 24.3 Å². The lowest BCUT2D eigenvalue weighted by Crippen LogP contribution is -2.29. The van der Waals surface area contributed by atoms with Gasteiger partial charge < -0.3 is 10.1 Å². The highest BCUT2D eigenvalue weighted by Gasteiger charge is 2.16. The minimum absolute atomic E-state index is 0.132. The molecule has 1 aliphatic heterocycles. The Morgan fingerprint density at radius 1 is 1.25 bits per heavy atom. The van der Waals surface area contributed by atoms with E-state index in [0.29, 0.717) is 24.6 Å². The van der Waals surface area contributed by atoms with E-state index in [-0.39, 0.29) is 30.3 Å². The van der Waals surface area contributed by atoms with E-state index in [2.05, 4.69) is 5.32 Å². The van der Waals surface area contributed by atoms with E-state index in [9.17, 15) is 14.0 Å². The summed E-state index contributed by atoms with van der Waals surface area (Å²) >= 11 is 0. The molecule has 0 aliphatic carbocycles. The molecule has 1 atom stereocenters. The van der Waals surface area contributed by atoms with Gasteiger partial charge in [0.25, 0.3) is 0 Å². The lowest BCUT2D eigenvalue weighted by Gasteiger charge is -2.09. The summed E-state index contributed by atoms with van der Waals surface area (Å²) in [6.07, 6.45) is 1.26. The number of ketones is 1. The van der Waals surface area contributed by atoms with Crippen molar-refractivity contribution in [1.29, 1.82) is 0 Å². The van der Waals surface area contributed by atoms with Crippen LogP contribution in [0.3, 0.4) is 0 Å². The number of benzene rings is 1. The lowest BCUT2D eigenvalue weighted by molar-refractivity contribution is -0.121. The van der Waals surface area contributed by atoms with Gasteiger partial charge in [0.05, 0.1) is 6.61 Å². The fourth-order valence-electron chi connectivity index (χ4n) is 2.10. The number of nitrogens with one attached hydrogen (secondary N) is 1. The second kappa shape index (κ2) is 7.14. The van der Waals surface area contributed by atoms with Crippen molar-refractivity contribution < 1.29 is 18.7 Å². The van der Waals surface area contributed by atoms with Gasteiger partial charge in [-0.1, -0.05) is 0 Å². The van der Waals surface area contributed by atoms with Gasteiger partial charge in [0.1, 0.15) is 5.82 Å². The first-order chi connectivity index (χ1) is 9.65. The van der Waals surface area contributed by atoms with E-state index in [4.69, 9.17) is 4.74 Å². The first kappa shape index (κ1) is 14.7. The first-order valence-electron chi connectivity index (χ1n) is 6.78. The Hall–Kier alpha value is -1.75. The Balaban J connectivity index is 1.69. The number of ether oxygens (including phenoxy) is 1. The summed E-state index contributed by atoms with van der Waals surface area (Å²) in [6.45, 7) is 2.04. The van der Waals surface area contributed by atoms with Crippen molar-refractivity contribution in [3.63, 3.8) is 0 Å². The maximum absolute atomic E-state index is 12.7. The molecule has 108 valence electrons. The second-order valence-electron chi connectivity index (χ2n) is 4.96. The van der Waals surface area contributed by atoms with E-state index >= 15 is 0 Å². The van der Waals surface area contributed by atoms with Gasteiger partial charge in [0, 0.05) is 37.5 Å². The molecule has 0 saturated carbocycles. The standard InChI is InChI=1S/C15H18FNO3/c16-13-3-1-12(2-4-13)14(18)5-6-15(19)17-9-11-7-8-20-10-11/h1-4,11H,5-10H2,(H,17,19)/t11-/m0/s1. The average Bonchev–Trinajstić information content (AvgIpc) is 2.96. The van der Waals surface area contributed by atoms with Gasteiger partial charge in [0.15, 0.2) is 5.78 Å². The number of rotatable bonds is 6. The molecule has 1 N–H and O–H groups in total. The Kier molecular flexibility index (Phi) is 5.24. The number of hydrogen-bond donors (Lipinski definition) is 1. The molecule has 20 heavy (non-hydrogen) atoms. The van der Waals surface area contributed by atoms with Gasteiger partial charge in [-0.25, -0.2) is 4.39 Å². The molecule has 1 aromatic carbocycles. The van der Waals surface area contributed by atoms with Gasteiger partial charge in [-0.05, 0) is 30.7 Å². The largest absolute Gasteiger partial charge is 0.381 e. The van der Waals surface area contributed by atoms with Crippen molar-refractivity contribution in [2.45, 2.75) is 19.3 Å². The predicted molar refractivity (Wildman–Crippen MR) is 71.9 cm³/mol. The molecule has 1 saturated heterocycles. The number of carbonyl (C=O) groups is 2. The zero-order chi connectivity index (χ0) is 14.4. The van der Waals surface area contributed by atoms with Crippen LogP contribution in [0, 0.1) is 11.7 Å². The van der Waals surface area contributed by atoms with Crippen LogP contribution in [-0.2, 0) is 9.53 Å². The molecular weight excluding hydrogens is 261 g/mol. The molecule has 2 rings (SSSR count). The van der Waals surface area contributed by atoms with Gasteiger partial charge in [-0.3, -0.25) is 9.59 Å². The summed E-state index contributed by atoms with van der Waals surface area (Å²) < 4.78 is 17.9. The first-order valence-corrected chi connectivity index (χ1v) is 6.78. The quantitative estimate of drug-likeness (QED) is 0.810. The van der Waals surface area contributed by atoms with Crippen LogP contribution in [0.25, 0.3) is 0 Å². The van der Waals surface area contributed by atoms with E-state index in [1.165, 1.54) is 24.3 Å². The third-order valence-electron chi connectivity index (χ3n) is 3.36. The van der Waals surface area contributed by atoms with Gasteiger partial charge >= 0.3 is 0 Å². The van der Waals surface area contributed by atoms with Gasteiger partial charge in [-0.2, -0.15) is 0 Å². The Morgan fingerprint density at radius 3 is 2.65 bits per heavy atom. The molecule has 1 aromatic rings. The van der Waals surface area contributed by atoms with Crippen molar-refractivity contribution in [3.8, 4) is 0 Å². The molecule has 1 fully saturated rings. The summed E-state index contributed by atoms with van der Waals surface area (Å²) in [5, 5.41) is 2.81. The Labute approximate surface area is 117 Å². The molecule has 1 aliphatic rings. The zero-order valence-corrected chi connectivity index (χ0v) is 11.2. The third kappa shape index (κ3) is 4.42. The maximum atomic E-state index is 12.7. The highest BCUT2D eigenvalue weighted by molar-refractivity contribution is 5.97. The predicted octanol–water partition coefficient (Wildman–Crippen LogP) is 1.94. The SMILES string of the molecule is O=C(CCC(=O)c1ccc(F)cc1)NC[C@@H]1CCOC1. The smallest absolute Gasteiger partial charge is 0.220 e. The van der Waals surface area contributed by atoms with Crippen LogP contribution in [0.2, 0.25) is 0 Å². The summed E-state index contributed by atoms with van der Waals surface area (Å²) in [7, 11) is 0. The molecule has 4 nitrogen and oxygen atoms in total. The Bertz CT molecular complexity index is 467. The fourth-order valence-corrected chi connectivity index (χ4v) is 2.10. The van der Waals surface area contributed by atoms with E-state index in [1.807, 2.05) is 0 Å². The Morgan fingerprint density at radius 2 is 2.00 bits per heavy atom. The summed E-state index contributed by atoms with van der Waals surface area (Å²) in [5.74, 6) is -0.276. The monoisotopic (exact) mass is 279 g/mol. The number of carbonyl (C=O) groups excluding carboxylic acids is 2. The molecule has 0 radical (unpaired) electrons. The molecule has 1 heterocycles. The summed E-state index contributed by atoms with van der Waals surface area (Å²) in [4.78, 5) is 23.4. The summed E-state index contributed by atoms with van der Waals surface area (Å²) in [5.41, 5.74) is 0.434. The average molecular weight is 279 g/mol. The van der Waals surface area contributed by atoms with E-state index < -0.39 is 0 Å². The van der Waals surface area contributed by atoms with Crippen molar-refractivity contribution in [1.82, 2.24) is 5.32 Å². The van der Waals surface area contributed by atoms with Crippen LogP contribution in [0.1, 0.15) is 29.6 Å². The second-order valence-corrected chi connectivity index (χ2v) is 4.96. The zero-order valence-electron chi connectivity index (χ0n) is 11.2. The van der Waals surface area contributed by atoms with Gasteiger partial charge in [-0.15, -0.1) is 0 Å². The topological polar surface area (TPSA) is 55.4 Å². The normalized spacial score (nSPS) is 17.9. The molecule has 0 bridgehead atoms. The number of amides is 1. The van der Waals surface area contributed by atoms with Crippen LogP contribution in [-0.4, -0.2) is 31.4 Å². The van der Waals surface area contributed by atoms with Crippen molar-refractivity contribution in [2.75, 3.05) is 19.8 Å². The minimum atomic E-state index is -0.377.